The van der Waals surface area contributed by atoms with E-state index >= 15 is 0 Å². The number of amides is 5. The Morgan fingerprint density at radius 3 is 1.19 bits per heavy atom. The van der Waals surface area contributed by atoms with Crippen molar-refractivity contribution in [3.8, 4) is 0 Å². The number of rotatable bonds is 58. The molecule has 4 saturated heterocycles. The zero-order valence-corrected chi connectivity index (χ0v) is 76.9. The molecule has 5 amide bonds. The average molecular weight is 1900 g/mol. The third kappa shape index (κ3) is 34.7. The predicted octanol–water partition coefficient (Wildman–Crippen LogP) is -1.67. The molecule has 0 bridgehead atoms. The normalized spacial score (nSPS) is 33.6. The van der Waals surface area contributed by atoms with E-state index in [-0.39, 0.29) is 185 Å². The standard InChI is InChI=1S/C89H149N5O38/c1-7-52-39-54(57(98)21-15-27-90-65(100)25-29-117-5)41-59(80(52)131-88-78(111)76(109)72(105)48(3)123-88)127-86-70(82(74(107)63(44-95)129-86)125-61(84(113)114)37-50-17-11-9-12-18-50)93-67(102)24-23-56(97)46-121-35-33-119-31-32-120-34-36-122-47-69(104)92-43-68(103)94-71-83(126-62(85(115)116)38-51-19-13-10-14-20-51)75(108)64(45-96)130-87(71)128-60-42-55(58(99)22-16-28-91-66(101)26-30-118-6)40-53(8-2)81(60)132-89-79(112)77(110)73(106)49(4)124-89/h48-55,59-64,70-83,86-89,95-96,105-112H,7-47H2,1-6H3,(H,90,100)(H,91,101)(H,92,104)(H,93,102)(H,94,103)(H,113,114)(H,115,116)/t48?,49?,52?,53?,54?,55?,59-,60-,61+,62+,63+,64+,70?,71?,72-,73-,74+,75+,76+,77+,78?,79?,80-,81-,82?,83?,86-,87-,88+,89+/m1/s1. The molecule has 0 aromatic rings. The van der Waals surface area contributed by atoms with Gasteiger partial charge in [-0.15, -0.1) is 0 Å². The smallest absolute Gasteiger partial charge is 0.332 e. The van der Waals surface area contributed by atoms with Crippen LogP contribution in [0, 0.1) is 35.5 Å². The molecule has 8 fully saturated rings. The number of ether oxygens (including phenoxy) is 16. The Morgan fingerprint density at radius 1 is 0.394 bits per heavy atom. The van der Waals surface area contributed by atoms with Gasteiger partial charge in [0.15, 0.2) is 43.2 Å². The van der Waals surface area contributed by atoms with E-state index in [0.29, 0.717) is 25.7 Å². The second-order valence-corrected chi connectivity index (χ2v) is 36.0. The summed E-state index contributed by atoms with van der Waals surface area (Å²) in [5.41, 5.74) is 0. The van der Waals surface area contributed by atoms with E-state index < -0.39 is 258 Å². The monoisotopic (exact) mass is 1900 g/mol. The molecule has 0 spiro atoms. The molecular formula is C89H149N5O38. The lowest BCUT2D eigenvalue weighted by Gasteiger charge is -2.49. The summed E-state index contributed by atoms with van der Waals surface area (Å²) >= 11 is 0. The Labute approximate surface area is 770 Å². The molecule has 8 rings (SSSR count). The lowest BCUT2D eigenvalue weighted by molar-refractivity contribution is -0.338. The number of carbonyl (C=O) groups is 10. The number of aliphatic carboxylic acids is 2. The van der Waals surface area contributed by atoms with E-state index in [0.717, 1.165) is 51.4 Å². The Morgan fingerprint density at radius 2 is 0.795 bits per heavy atom. The summed E-state index contributed by atoms with van der Waals surface area (Å²) in [5.74, 6) is -9.24. The van der Waals surface area contributed by atoms with Crippen LogP contribution in [0.15, 0.2) is 0 Å². The zero-order valence-electron chi connectivity index (χ0n) is 76.9. The summed E-state index contributed by atoms with van der Waals surface area (Å²) in [6, 6.07) is -3.19. The van der Waals surface area contributed by atoms with E-state index in [1.54, 1.807) is 0 Å². The Bertz CT molecular complexity index is 3260. The number of carboxylic acid groups (broad SMARTS) is 2. The molecule has 758 valence electrons. The van der Waals surface area contributed by atoms with Gasteiger partial charge in [-0.3, -0.25) is 38.4 Å². The van der Waals surface area contributed by atoms with Crippen molar-refractivity contribution in [3.05, 3.63) is 0 Å². The van der Waals surface area contributed by atoms with Crippen LogP contribution < -0.4 is 26.6 Å². The number of methoxy groups -OCH3 is 2. The van der Waals surface area contributed by atoms with Crippen LogP contribution in [0.3, 0.4) is 0 Å². The second kappa shape index (κ2) is 58.2. The van der Waals surface area contributed by atoms with Crippen LogP contribution in [0.5, 0.6) is 0 Å². The molecule has 4 aliphatic heterocycles. The molecule has 4 aliphatic carbocycles. The zero-order chi connectivity index (χ0) is 96.1. The summed E-state index contributed by atoms with van der Waals surface area (Å²) in [4.78, 5) is 134. The molecule has 132 heavy (non-hydrogen) atoms. The van der Waals surface area contributed by atoms with Gasteiger partial charge in [0.2, 0.25) is 29.5 Å². The molecule has 0 radical (unpaired) electrons. The van der Waals surface area contributed by atoms with Gasteiger partial charge in [0.25, 0.3) is 0 Å². The van der Waals surface area contributed by atoms with Gasteiger partial charge in [0.1, 0.15) is 110 Å². The van der Waals surface area contributed by atoms with Gasteiger partial charge in [-0.2, -0.15) is 0 Å². The minimum Gasteiger partial charge on any atom is -0.479 e. The highest BCUT2D eigenvalue weighted by Gasteiger charge is 2.56. The van der Waals surface area contributed by atoms with E-state index in [1.165, 1.54) is 28.1 Å². The maximum absolute atomic E-state index is 14.3. The maximum Gasteiger partial charge on any atom is 0.332 e. The summed E-state index contributed by atoms with van der Waals surface area (Å²) < 4.78 is 95.8. The fourth-order valence-electron chi connectivity index (χ4n) is 18.7. The van der Waals surface area contributed by atoms with Crippen LogP contribution >= 0.6 is 0 Å². The first-order chi connectivity index (χ1) is 63.3. The molecule has 0 aromatic heterocycles. The quantitative estimate of drug-likeness (QED) is 0.0303. The van der Waals surface area contributed by atoms with Crippen molar-refractivity contribution >= 4 is 58.8 Å². The SMILES string of the molecule is CCC1CC(C(=O)CCCNC(=O)CCOC)C[C@@H](O[C@@H]2O[C@@H](CO)[C@H](O)C(O[C@@H](CC3CCCCC3)C(=O)O)C2NC(=O)CCC(=O)COCCOCCOCCOCC(=O)NCC(=O)NC2C(O[C@@H](CC3CCCCC3)C(=O)O)[C@@H](O)[C@H](CO)O[C@H]2O[C@@H]2CC(C(=O)CCCNC(=O)CCOC)CC(CC)[C@H]2O[C@@H]2OC(C)[C@@H](O)[C@H](O)C2O)[C@@H]1O[C@@H]1OC(C)[C@@H](O)[C@H](O)C1O. The minimum absolute atomic E-state index is 0.00175. The first-order valence-electron chi connectivity index (χ1n) is 47.2. The second-order valence-electron chi connectivity index (χ2n) is 36.0. The van der Waals surface area contributed by atoms with Crippen LogP contribution in [-0.2, 0) is 124 Å². The van der Waals surface area contributed by atoms with Crippen LogP contribution in [0.2, 0.25) is 0 Å². The van der Waals surface area contributed by atoms with Crippen molar-refractivity contribution in [1.29, 1.82) is 0 Å². The molecule has 4 saturated carbocycles. The molecule has 43 heteroatoms. The van der Waals surface area contributed by atoms with E-state index in [9.17, 15) is 109 Å². The summed E-state index contributed by atoms with van der Waals surface area (Å²) in [6.45, 7) is 3.86. The molecule has 0 aromatic carbocycles. The molecule has 12 unspecified atom stereocenters. The van der Waals surface area contributed by atoms with Gasteiger partial charge in [-0.25, -0.2) is 9.59 Å². The van der Waals surface area contributed by atoms with Gasteiger partial charge < -0.3 is 164 Å². The minimum atomic E-state index is -1.81. The first kappa shape index (κ1) is 112. The lowest BCUT2D eigenvalue weighted by atomic mass is 9.74. The third-order valence-corrected chi connectivity index (χ3v) is 26.3. The largest absolute Gasteiger partial charge is 0.479 e. The summed E-state index contributed by atoms with van der Waals surface area (Å²) in [7, 11) is 2.94. The van der Waals surface area contributed by atoms with Gasteiger partial charge in [-0.1, -0.05) is 90.9 Å². The highest BCUT2D eigenvalue weighted by molar-refractivity contribution is 5.87. The first-order valence-corrected chi connectivity index (χ1v) is 47.2. The van der Waals surface area contributed by atoms with Gasteiger partial charge in [0, 0.05) is 77.7 Å². The number of carboxylic acids is 2. The van der Waals surface area contributed by atoms with Crippen molar-refractivity contribution in [2.75, 3.05) is 113 Å². The van der Waals surface area contributed by atoms with Gasteiger partial charge >= 0.3 is 11.9 Å². The molecule has 30 atom stereocenters. The maximum atomic E-state index is 14.3. The number of aliphatic hydroxyl groups excluding tert-OH is 10. The van der Waals surface area contributed by atoms with E-state index in [4.69, 9.17) is 75.8 Å². The number of aliphatic hydroxyl groups is 10. The van der Waals surface area contributed by atoms with Gasteiger partial charge in [-0.05, 0) is 88.9 Å². The fourth-order valence-corrected chi connectivity index (χ4v) is 18.7. The number of ketones is 3. The number of nitrogens with one attached hydrogen (secondary N) is 5. The Balaban J connectivity index is 0.835. The van der Waals surface area contributed by atoms with Crippen molar-refractivity contribution in [1.82, 2.24) is 26.6 Å². The summed E-state index contributed by atoms with van der Waals surface area (Å²) in [5, 5.41) is 146. The molecule has 4 heterocycles. The molecule has 8 aliphatic rings. The topological polar surface area (TPSA) is 621 Å². The predicted molar refractivity (Wildman–Crippen MR) is 458 cm³/mol. The molecular weight excluding hydrogens is 1750 g/mol. The van der Waals surface area contributed by atoms with Gasteiger partial charge in [0.05, 0.1) is 109 Å². The Hall–Kier alpha value is -5.74. The van der Waals surface area contributed by atoms with Crippen molar-refractivity contribution < 1.29 is 185 Å². The van der Waals surface area contributed by atoms with Crippen LogP contribution in [0.1, 0.15) is 195 Å². The number of hydrogen-bond acceptors (Lipinski definition) is 36. The van der Waals surface area contributed by atoms with Crippen LogP contribution in [0.25, 0.3) is 0 Å². The third-order valence-electron chi connectivity index (χ3n) is 26.3. The number of hydrogen-bond donors (Lipinski definition) is 17. The Kier molecular flexibility index (Phi) is 49.2. The van der Waals surface area contributed by atoms with Crippen molar-refractivity contribution in [2.24, 2.45) is 35.5 Å². The molecule has 17 N–H and O–H groups in total. The number of carbonyl (C=O) groups excluding carboxylic acids is 8. The highest BCUT2D eigenvalue weighted by Crippen LogP contribution is 2.44. The van der Waals surface area contributed by atoms with E-state index in [1.807, 2.05) is 13.8 Å². The summed E-state index contributed by atoms with van der Waals surface area (Å²) in [6.07, 6.45) is -26.7. The number of Topliss-reactive ketones (excluding diaryl/α,β-unsaturated/α-hetero) is 3. The highest BCUT2D eigenvalue weighted by atomic mass is 16.8. The van der Waals surface area contributed by atoms with Crippen molar-refractivity contribution in [2.45, 2.75) is 354 Å². The van der Waals surface area contributed by atoms with Crippen molar-refractivity contribution in [3.63, 3.8) is 0 Å². The lowest BCUT2D eigenvalue weighted by Crippen LogP contribution is -2.68. The fraction of sp³-hybridized carbons (Fsp3) is 0.888. The molecule has 43 nitrogen and oxygen atoms in total. The van der Waals surface area contributed by atoms with Crippen LogP contribution in [-0.4, -0.2) is 393 Å². The van der Waals surface area contributed by atoms with Crippen LogP contribution in [0.4, 0.5) is 0 Å². The van der Waals surface area contributed by atoms with E-state index in [2.05, 4.69) is 26.6 Å². The average Bonchev–Trinajstić information content (AvgIpc) is 0.772.